The van der Waals surface area contributed by atoms with Gasteiger partial charge in [0.25, 0.3) is 0 Å². The van der Waals surface area contributed by atoms with Crippen molar-refractivity contribution in [3.8, 4) is 17.3 Å². The average molecular weight is 376 g/mol. The summed E-state index contributed by atoms with van der Waals surface area (Å²) in [6.07, 6.45) is -2.63. The minimum atomic E-state index is -4.31. The van der Waals surface area contributed by atoms with E-state index in [1.54, 1.807) is 36.5 Å². The normalized spacial score (nSPS) is 11.7. The SMILES string of the molecule is N#Cc1ccc(CN(Cn2ccc(-c3ccsc3)n2)CC(F)(F)F)cc1. The van der Waals surface area contributed by atoms with Gasteiger partial charge in [-0.3, -0.25) is 9.58 Å². The molecule has 4 nitrogen and oxygen atoms in total. The third-order valence-corrected chi connectivity index (χ3v) is 4.38. The van der Waals surface area contributed by atoms with E-state index in [1.165, 1.54) is 20.9 Å². The van der Waals surface area contributed by atoms with Gasteiger partial charge in [-0.15, -0.1) is 0 Å². The summed E-state index contributed by atoms with van der Waals surface area (Å²) in [7, 11) is 0. The van der Waals surface area contributed by atoms with Gasteiger partial charge in [0.15, 0.2) is 0 Å². The van der Waals surface area contributed by atoms with Crippen LogP contribution >= 0.6 is 11.3 Å². The Kier molecular flexibility index (Phi) is 5.40. The van der Waals surface area contributed by atoms with Crippen molar-refractivity contribution in [3.63, 3.8) is 0 Å². The van der Waals surface area contributed by atoms with Crippen molar-refractivity contribution in [1.82, 2.24) is 14.7 Å². The topological polar surface area (TPSA) is 44.9 Å². The number of benzene rings is 1. The Bertz CT molecular complexity index is 877. The molecular formula is C18H15F3N4S. The van der Waals surface area contributed by atoms with Crippen molar-refractivity contribution in [2.45, 2.75) is 19.4 Å². The number of nitrogens with zero attached hydrogens (tertiary/aromatic N) is 4. The summed E-state index contributed by atoms with van der Waals surface area (Å²) in [6.45, 7) is -0.914. The molecule has 0 bridgehead atoms. The highest BCUT2D eigenvalue weighted by molar-refractivity contribution is 7.08. The number of rotatable bonds is 6. The van der Waals surface area contributed by atoms with Crippen molar-refractivity contribution in [1.29, 1.82) is 5.26 Å². The number of hydrogen-bond acceptors (Lipinski definition) is 4. The minimum Gasteiger partial charge on any atom is -0.271 e. The van der Waals surface area contributed by atoms with E-state index in [0.29, 0.717) is 11.1 Å². The molecule has 1 aromatic carbocycles. The van der Waals surface area contributed by atoms with Gasteiger partial charge in [0.2, 0.25) is 0 Å². The standard InChI is InChI=1S/C18H15F3N4S/c19-18(20,21)12-24(10-15-3-1-14(9-22)2-4-15)13-25-7-5-17(23-25)16-6-8-26-11-16/h1-8,11H,10,12-13H2. The molecule has 134 valence electrons. The number of nitriles is 1. The number of hydrogen-bond donors (Lipinski definition) is 0. The van der Waals surface area contributed by atoms with E-state index in [4.69, 9.17) is 5.26 Å². The number of alkyl halides is 3. The molecule has 2 heterocycles. The highest BCUT2D eigenvalue weighted by Gasteiger charge is 2.31. The van der Waals surface area contributed by atoms with Gasteiger partial charge in [-0.2, -0.15) is 34.9 Å². The molecule has 0 aliphatic rings. The fourth-order valence-electron chi connectivity index (χ4n) is 2.56. The molecule has 0 atom stereocenters. The summed E-state index contributed by atoms with van der Waals surface area (Å²) < 4.78 is 40.3. The Morgan fingerprint density at radius 1 is 1.15 bits per heavy atom. The van der Waals surface area contributed by atoms with Gasteiger partial charge in [0.05, 0.1) is 30.5 Å². The Labute approximate surface area is 152 Å². The molecule has 0 aliphatic carbocycles. The van der Waals surface area contributed by atoms with Gasteiger partial charge in [-0.1, -0.05) is 12.1 Å². The number of halogens is 3. The molecule has 0 saturated heterocycles. The zero-order valence-electron chi connectivity index (χ0n) is 13.6. The lowest BCUT2D eigenvalue weighted by Crippen LogP contribution is -2.35. The van der Waals surface area contributed by atoms with E-state index < -0.39 is 12.7 Å². The molecule has 0 amide bonds. The molecule has 0 saturated carbocycles. The van der Waals surface area contributed by atoms with Crippen LogP contribution in [0.5, 0.6) is 0 Å². The predicted molar refractivity (Wildman–Crippen MR) is 93.2 cm³/mol. The quantitative estimate of drug-likeness (QED) is 0.636. The van der Waals surface area contributed by atoms with Crippen LogP contribution in [0.25, 0.3) is 11.3 Å². The van der Waals surface area contributed by atoms with Crippen LogP contribution in [-0.2, 0) is 13.2 Å². The molecule has 26 heavy (non-hydrogen) atoms. The molecule has 2 aromatic heterocycles. The molecular weight excluding hydrogens is 361 g/mol. The van der Waals surface area contributed by atoms with E-state index in [1.807, 2.05) is 22.9 Å². The van der Waals surface area contributed by atoms with Crippen LogP contribution in [0.15, 0.2) is 53.4 Å². The van der Waals surface area contributed by atoms with Crippen LogP contribution in [0, 0.1) is 11.3 Å². The Morgan fingerprint density at radius 2 is 1.92 bits per heavy atom. The van der Waals surface area contributed by atoms with Crippen LogP contribution in [-0.4, -0.2) is 27.4 Å². The van der Waals surface area contributed by atoms with Crippen LogP contribution < -0.4 is 0 Å². The molecule has 3 aromatic rings. The lowest BCUT2D eigenvalue weighted by atomic mass is 10.1. The first kappa shape index (κ1) is 18.2. The molecule has 0 radical (unpaired) electrons. The summed E-state index contributed by atoms with van der Waals surface area (Å²) in [6, 6.07) is 12.2. The zero-order chi connectivity index (χ0) is 18.6. The van der Waals surface area contributed by atoms with Gasteiger partial charge in [0, 0.05) is 23.7 Å². The summed E-state index contributed by atoms with van der Waals surface area (Å²) in [4.78, 5) is 1.27. The summed E-state index contributed by atoms with van der Waals surface area (Å²) in [5.41, 5.74) is 2.86. The Hall–Kier alpha value is -2.63. The number of aromatic nitrogens is 2. The van der Waals surface area contributed by atoms with E-state index in [9.17, 15) is 13.2 Å². The van der Waals surface area contributed by atoms with Crippen molar-refractivity contribution in [2.75, 3.05) is 6.54 Å². The third-order valence-electron chi connectivity index (χ3n) is 3.69. The second kappa shape index (κ2) is 7.72. The summed E-state index contributed by atoms with van der Waals surface area (Å²) in [5, 5.41) is 17.0. The van der Waals surface area contributed by atoms with Crippen molar-refractivity contribution < 1.29 is 13.2 Å². The third kappa shape index (κ3) is 4.94. The van der Waals surface area contributed by atoms with E-state index >= 15 is 0 Å². The molecule has 0 spiro atoms. The van der Waals surface area contributed by atoms with E-state index in [0.717, 1.165) is 11.3 Å². The maximum absolute atomic E-state index is 12.9. The largest absolute Gasteiger partial charge is 0.401 e. The lowest BCUT2D eigenvalue weighted by Gasteiger charge is -2.23. The van der Waals surface area contributed by atoms with Crippen LogP contribution in [0.4, 0.5) is 13.2 Å². The van der Waals surface area contributed by atoms with E-state index in [2.05, 4.69) is 5.10 Å². The molecule has 0 aliphatic heterocycles. The highest BCUT2D eigenvalue weighted by atomic mass is 32.1. The molecule has 0 N–H and O–H groups in total. The summed E-state index contributed by atoms with van der Waals surface area (Å²) in [5.74, 6) is 0. The monoisotopic (exact) mass is 376 g/mol. The first-order valence-electron chi connectivity index (χ1n) is 7.77. The maximum Gasteiger partial charge on any atom is 0.401 e. The highest BCUT2D eigenvalue weighted by Crippen LogP contribution is 2.21. The second-order valence-corrected chi connectivity index (χ2v) is 6.58. The fraction of sp³-hybridized carbons (Fsp3) is 0.222. The van der Waals surface area contributed by atoms with Crippen LogP contribution in [0.1, 0.15) is 11.1 Å². The first-order valence-corrected chi connectivity index (χ1v) is 8.71. The maximum atomic E-state index is 12.9. The van der Waals surface area contributed by atoms with Gasteiger partial charge >= 0.3 is 6.18 Å². The predicted octanol–water partition coefficient (Wildman–Crippen LogP) is 4.51. The van der Waals surface area contributed by atoms with Crippen LogP contribution in [0.2, 0.25) is 0 Å². The zero-order valence-corrected chi connectivity index (χ0v) is 14.5. The first-order chi connectivity index (χ1) is 12.4. The molecule has 3 rings (SSSR count). The smallest absolute Gasteiger partial charge is 0.271 e. The van der Waals surface area contributed by atoms with Gasteiger partial charge < -0.3 is 0 Å². The van der Waals surface area contributed by atoms with Crippen LogP contribution in [0.3, 0.4) is 0 Å². The number of thiophene rings is 1. The van der Waals surface area contributed by atoms with Crippen molar-refractivity contribution in [3.05, 3.63) is 64.5 Å². The van der Waals surface area contributed by atoms with Crippen molar-refractivity contribution in [2.24, 2.45) is 0 Å². The minimum absolute atomic E-state index is 0.0175. The Morgan fingerprint density at radius 3 is 2.54 bits per heavy atom. The fourth-order valence-corrected chi connectivity index (χ4v) is 3.21. The van der Waals surface area contributed by atoms with E-state index in [-0.39, 0.29) is 13.2 Å². The lowest BCUT2D eigenvalue weighted by molar-refractivity contribution is -0.151. The van der Waals surface area contributed by atoms with Crippen molar-refractivity contribution >= 4 is 11.3 Å². The van der Waals surface area contributed by atoms with Gasteiger partial charge in [-0.05, 0) is 35.2 Å². The van der Waals surface area contributed by atoms with Gasteiger partial charge in [0.1, 0.15) is 0 Å². The summed E-state index contributed by atoms with van der Waals surface area (Å²) >= 11 is 1.54. The average Bonchev–Trinajstić information content (AvgIpc) is 3.25. The Balaban J connectivity index is 1.74. The van der Waals surface area contributed by atoms with Gasteiger partial charge in [-0.25, -0.2) is 0 Å². The molecule has 0 fully saturated rings. The second-order valence-electron chi connectivity index (χ2n) is 5.80. The molecule has 8 heteroatoms. The molecule has 0 unspecified atom stereocenters.